The molecular formula is C18H13Cl3F3N5O2. The Morgan fingerprint density at radius 2 is 1.84 bits per heavy atom. The van der Waals surface area contributed by atoms with Gasteiger partial charge in [0.1, 0.15) is 6.67 Å². The molecule has 0 saturated heterocycles. The van der Waals surface area contributed by atoms with Crippen LogP contribution in [0.4, 0.5) is 23.8 Å². The number of hydrazine groups is 1. The maximum absolute atomic E-state index is 12.8. The Balaban J connectivity index is 1.79. The van der Waals surface area contributed by atoms with Crippen molar-refractivity contribution in [2.45, 2.75) is 12.7 Å². The molecule has 2 heterocycles. The van der Waals surface area contributed by atoms with E-state index in [1.807, 2.05) is 0 Å². The van der Waals surface area contributed by atoms with Gasteiger partial charge in [-0.05, 0) is 18.2 Å². The number of hydrogen-bond donors (Lipinski definition) is 1. The number of rotatable bonds is 3. The van der Waals surface area contributed by atoms with Gasteiger partial charge in [0.05, 0.1) is 17.1 Å². The van der Waals surface area contributed by atoms with Crippen LogP contribution in [0.1, 0.15) is 11.1 Å². The number of hydrogen-bond acceptors (Lipinski definition) is 4. The molecule has 2 aromatic rings. The van der Waals surface area contributed by atoms with Crippen LogP contribution in [0.3, 0.4) is 0 Å². The highest BCUT2D eigenvalue weighted by molar-refractivity contribution is 6.36. The zero-order valence-electron chi connectivity index (χ0n) is 15.4. The highest BCUT2D eigenvalue weighted by atomic mass is 35.5. The van der Waals surface area contributed by atoms with Crippen molar-refractivity contribution in [2.75, 3.05) is 11.7 Å². The number of aromatic nitrogens is 1. The van der Waals surface area contributed by atoms with E-state index in [0.29, 0.717) is 32.9 Å². The number of alkyl halides is 3. The maximum atomic E-state index is 12.8. The highest BCUT2D eigenvalue weighted by Gasteiger charge is 2.33. The third-order valence-electron chi connectivity index (χ3n) is 4.27. The summed E-state index contributed by atoms with van der Waals surface area (Å²) >= 11 is 18.1. The Hall–Kier alpha value is -2.53. The van der Waals surface area contributed by atoms with Crippen molar-refractivity contribution in [1.82, 2.24) is 14.8 Å². The molecule has 13 heteroatoms. The Morgan fingerprint density at radius 1 is 1.19 bits per heavy atom. The average molecular weight is 495 g/mol. The molecule has 0 spiro atoms. The van der Waals surface area contributed by atoms with E-state index in [9.17, 15) is 22.8 Å². The standard InChI is InChI=1S/C18H13Cl3F3N5O2/c19-12-2-1-3-13(20)11(12)8-28-9-27(5-4-15(28)30)17(31)29(25)16-14(21)6-10(7-26-16)18(22,23)24/h1-7H,8-9,25H2. The first-order chi connectivity index (χ1) is 14.5. The molecule has 1 aromatic carbocycles. The number of nitrogens with zero attached hydrogens (tertiary/aromatic N) is 4. The summed E-state index contributed by atoms with van der Waals surface area (Å²) in [5.74, 6) is 4.95. The van der Waals surface area contributed by atoms with Crippen LogP contribution in [0.15, 0.2) is 42.7 Å². The SMILES string of the molecule is NN(C(=O)N1C=CC(=O)N(Cc2c(Cl)cccc2Cl)C1)c1ncc(C(F)(F)F)cc1Cl. The van der Waals surface area contributed by atoms with Gasteiger partial charge in [-0.25, -0.2) is 20.6 Å². The summed E-state index contributed by atoms with van der Waals surface area (Å²) in [6, 6.07) is 4.59. The van der Waals surface area contributed by atoms with Crippen molar-refractivity contribution >= 4 is 52.6 Å². The van der Waals surface area contributed by atoms with Crippen LogP contribution >= 0.6 is 34.8 Å². The minimum atomic E-state index is -4.66. The van der Waals surface area contributed by atoms with Gasteiger partial charge in [-0.2, -0.15) is 13.2 Å². The van der Waals surface area contributed by atoms with Crippen molar-refractivity contribution < 1.29 is 22.8 Å². The largest absolute Gasteiger partial charge is 0.417 e. The molecule has 0 fully saturated rings. The average Bonchev–Trinajstić information content (AvgIpc) is 2.70. The molecule has 1 aliphatic rings. The third-order valence-corrected chi connectivity index (χ3v) is 5.26. The monoisotopic (exact) mass is 493 g/mol. The van der Waals surface area contributed by atoms with Crippen molar-refractivity contribution in [1.29, 1.82) is 0 Å². The summed E-state index contributed by atoms with van der Waals surface area (Å²) in [5.41, 5.74) is -0.604. The first-order valence-corrected chi connectivity index (χ1v) is 9.60. The molecule has 31 heavy (non-hydrogen) atoms. The van der Waals surface area contributed by atoms with E-state index in [2.05, 4.69) is 4.98 Å². The molecule has 2 N–H and O–H groups in total. The van der Waals surface area contributed by atoms with E-state index in [0.717, 1.165) is 11.0 Å². The maximum Gasteiger partial charge on any atom is 0.417 e. The summed E-state index contributed by atoms with van der Waals surface area (Å²) in [6.45, 7) is -0.211. The fraction of sp³-hybridized carbons (Fsp3) is 0.167. The second-order valence-electron chi connectivity index (χ2n) is 6.34. The van der Waals surface area contributed by atoms with Gasteiger partial charge < -0.3 is 4.90 Å². The number of halogens is 6. The lowest BCUT2D eigenvalue weighted by Crippen LogP contribution is -2.51. The van der Waals surface area contributed by atoms with E-state index in [1.54, 1.807) is 18.2 Å². The Bertz CT molecular complexity index is 1040. The van der Waals surface area contributed by atoms with Crippen LogP contribution in [0.25, 0.3) is 0 Å². The number of benzene rings is 1. The molecule has 0 aliphatic carbocycles. The molecule has 1 aliphatic heterocycles. The lowest BCUT2D eigenvalue weighted by atomic mass is 10.2. The number of nitrogens with two attached hydrogens (primary N) is 1. The number of amides is 3. The first-order valence-electron chi connectivity index (χ1n) is 8.47. The van der Waals surface area contributed by atoms with Gasteiger partial charge in [-0.15, -0.1) is 0 Å². The number of carbonyl (C=O) groups excluding carboxylic acids is 2. The molecule has 1 aromatic heterocycles. The zero-order valence-corrected chi connectivity index (χ0v) is 17.7. The summed E-state index contributed by atoms with van der Waals surface area (Å²) in [6.07, 6.45) is -1.83. The lowest BCUT2D eigenvalue weighted by molar-refractivity contribution is -0.137. The van der Waals surface area contributed by atoms with Crippen molar-refractivity contribution in [3.63, 3.8) is 0 Å². The van der Waals surface area contributed by atoms with Crippen LogP contribution in [-0.4, -0.2) is 33.4 Å². The quantitative estimate of drug-likeness (QED) is 0.382. The summed E-state index contributed by atoms with van der Waals surface area (Å²) < 4.78 is 38.3. The molecular weight excluding hydrogens is 482 g/mol. The molecule has 164 valence electrons. The van der Waals surface area contributed by atoms with Gasteiger partial charge >= 0.3 is 12.2 Å². The lowest BCUT2D eigenvalue weighted by Gasteiger charge is -2.33. The third kappa shape index (κ3) is 5.04. The van der Waals surface area contributed by atoms with E-state index >= 15 is 0 Å². The van der Waals surface area contributed by atoms with Gasteiger partial charge in [0.25, 0.3) is 0 Å². The molecule has 0 bridgehead atoms. The smallest absolute Gasteiger partial charge is 0.316 e. The van der Waals surface area contributed by atoms with Gasteiger partial charge in [0, 0.05) is 34.1 Å². The van der Waals surface area contributed by atoms with E-state index < -0.39 is 28.7 Å². The second kappa shape index (κ2) is 8.91. The van der Waals surface area contributed by atoms with Gasteiger partial charge in [0.15, 0.2) is 5.82 Å². The van der Waals surface area contributed by atoms with Crippen LogP contribution in [0, 0.1) is 0 Å². The van der Waals surface area contributed by atoms with Crippen LogP contribution < -0.4 is 10.9 Å². The predicted octanol–water partition coefficient (Wildman–Crippen LogP) is 4.68. The molecule has 0 saturated carbocycles. The fourth-order valence-corrected chi connectivity index (χ4v) is 3.45. The second-order valence-corrected chi connectivity index (χ2v) is 7.56. The van der Waals surface area contributed by atoms with Crippen molar-refractivity contribution in [3.05, 3.63) is 68.9 Å². The van der Waals surface area contributed by atoms with Crippen LogP contribution in [0.5, 0.6) is 0 Å². The van der Waals surface area contributed by atoms with Gasteiger partial charge in [0.2, 0.25) is 5.91 Å². The first kappa shape index (κ1) is 23.1. The summed E-state index contributed by atoms with van der Waals surface area (Å²) in [7, 11) is 0. The summed E-state index contributed by atoms with van der Waals surface area (Å²) in [5, 5.41) is 0.703. The highest BCUT2D eigenvalue weighted by Crippen LogP contribution is 2.33. The van der Waals surface area contributed by atoms with E-state index in [1.165, 1.54) is 11.1 Å². The van der Waals surface area contributed by atoms with Crippen LogP contribution in [0.2, 0.25) is 15.1 Å². The normalized spacial score (nSPS) is 14.2. The predicted molar refractivity (Wildman–Crippen MR) is 109 cm³/mol. The fourth-order valence-electron chi connectivity index (χ4n) is 2.68. The number of anilines is 1. The minimum Gasteiger partial charge on any atom is -0.316 e. The van der Waals surface area contributed by atoms with Crippen molar-refractivity contribution in [2.24, 2.45) is 5.84 Å². The zero-order chi connectivity index (χ0) is 22.9. The minimum absolute atomic E-state index is 0.00924. The molecule has 3 rings (SSSR count). The number of pyridine rings is 1. The van der Waals surface area contributed by atoms with Crippen molar-refractivity contribution in [3.8, 4) is 0 Å². The summed E-state index contributed by atoms with van der Waals surface area (Å²) in [4.78, 5) is 30.9. The van der Waals surface area contributed by atoms with E-state index in [-0.39, 0.29) is 19.0 Å². The Labute approximate surface area is 189 Å². The molecule has 0 atom stereocenters. The Morgan fingerprint density at radius 3 is 2.42 bits per heavy atom. The van der Waals surface area contributed by atoms with E-state index in [4.69, 9.17) is 40.6 Å². The topological polar surface area (TPSA) is 82.8 Å². The van der Waals surface area contributed by atoms with Gasteiger partial charge in [-0.3, -0.25) is 9.69 Å². The Kier molecular flexibility index (Phi) is 6.65. The molecule has 3 amide bonds. The van der Waals surface area contributed by atoms with Gasteiger partial charge in [-0.1, -0.05) is 40.9 Å². The number of urea groups is 1. The molecule has 7 nitrogen and oxygen atoms in total. The molecule has 0 unspecified atom stereocenters. The van der Waals surface area contributed by atoms with Crippen LogP contribution in [-0.2, 0) is 17.5 Å². The molecule has 0 radical (unpaired) electrons. The number of carbonyl (C=O) groups is 2.